The molecule has 37 heavy (non-hydrogen) atoms. The second-order valence-corrected chi connectivity index (χ2v) is 11.6. The van der Waals surface area contributed by atoms with Gasteiger partial charge in [-0.25, -0.2) is 8.42 Å². The minimum atomic E-state index is -3.00. The van der Waals surface area contributed by atoms with E-state index in [1.807, 2.05) is 44.2 Å². The fraction of sp³-hybridized carbons (Fsp3) is 0.615. The molecule has 1 amide bonds. The standard InChI is InChI=1S/C26H38N4O6S/c1-6-34-22-15-20(16-23(35-7-2)25(22)36-8-3)26(31)29-12-10-28(11-13-29)24-18(4)27-30(19(24)5)21-9-14-37(32,33)17-21/h15-16,21H,6-14,17H2,1-5H3. The first-order chi connectivity index (χ1) is 17.7. The van der Waals surface area contributed by atoms with Crippen molar-refractivity contribution in [2.75, 3.05) is 62.4 Å². The first-order valence-electron chi connectivity index (χ1n) is 13.1. The average Bonchev–Trinajstić information content (AvgIpc) is 3.38. The van der Waals surface area contributed by atoms with E-state index in [-0.39, 0.29) is 23.5 Å². The zero-order valence-electron chi connectivity index (χ0n) is 22.4. The fourth-order valence-electron chi connectivity index (χ4n) is 5.26. The molecule has 2 aromatic rings. The summed E-state index contributed by atoms with van der Waals surface area (Å²) in [7, 11) is -3.00. The van der Waals surface area contributed by atoms with E-state index in [2.05, 4.69) is 4.90 Å². The summed E-state index contributed by atoms with van der Waals surface area (Å²) in [6, 6.07) is 3.36. The van der Waals surface area contributed by atoms with Crippen LogP contribution in [0.5, 0.6) is 17.2 Å². The van der Waals surface area contributed by atoms with E-state index in [1.165, 1.54) is 0 Å². The van der Waals surface area contributed by atoms with Gasteiger partial charge in [-0.05, 0) is 53.2 Å². The van der Waals surface area contributed by atoms with Crippen molar-refractivity contribution in [3.8, 4) is 17.2 Å². The Kier molecular flexibility index (Phi) is 8.20. The topological polar surface area (TPSA) is 103 Å². The molecule has 1 atom stereocenters. The Balaban J connectivity index is 1.50. The van der Waals surface area contributed by atoms with Crippen molar-refractivity contribution in [1.82, 2.24) is 14.7 Å². The number of piperazine rings is 1. The third-order valence-corrected chi connectivity index (χ3v) is 8.63. The Morgan fingerprint density at radius 2 is 1.57 bits per heavy atom. The molecule has 0 saturated carbocycles. The molecule has 2 fully saturated rings. The molecule has 204 valence electrons. The maximum absolute atomic E-state index is 13.5. The molecular weight excluding hydrogens is 496 g/mol. The molecule has 0 bridgehead atoms. The van der Waals surface area contributed by atoms with Gasteiger partial charge in [-0.2, -0.15) is 5.10 Å². The fourth-order valence-corrected chi connectivity index (χ4v) is 6.96. The Morgan fingerprint density at radius 1 is 0.973 bits per heavy atom. The second kappa shape index (κ2) is 11.2. The molecule has 4 rings (SSSR count). The zero-order chi connectivity index (χ0) is 26.7. The number of nitrogens with zero attached hydrogens (tertiary/aromatic N) is 4. The average molecular weight is 535 g/mol. The summed E-state index contributed by atoms with van der Waals surface area (Å²) >= 11 is 0. The van der Waals surface area contributed by atoms with E-state index in [1.54, 1.807) is 12.1 Å². The van der Waals surface area contributed by atoms with Crippen LogP contribution < -0.4 is 19.1 Å². The van der Waals surface area contributed by atoms with Crippen LogP contribution in [0.15, 0.2) is 12.1 Å². The third kappa shape index (κ3) is 5.66. The minimum Gasteiger partial charge on any atom is -0.490 e. The van der Waals surface area contributed by atoms with Crippen LogP contribution in [0.25, 0.3) is 0 Å². The van der Waals surface area contributed by atoms with Crippen LogP contribution in [0.2, 0.25) is 0 Å². The minimum absolute atomic E-state index is 0.0788. The molecule has 2 saturated heterocycles. The van der Waals surface area contributed by atoms with Gasteiger partial charge in [-0.3, -0.25) is 9.48 Å². The molecule has 0 N–H and O–H groups in total. The highest BCUT2D eigenvalue weighted by Crippen LogP contribution is 2.39. The predicted octanol–water partition coefficient (Wildman–Crippen LogP) is 3.02. The van der Waals surface area contributed by atoms with Gasteiger partial charge in [-0.15, -0.1) is 0 Å². The van der Waals surface area contributed by atoms with Gasteiger partial charge in [0.2, 0.25) is 5.75 Å². The van der Waals surface area contributed by atoms with Crippen molar-refractivity contribution in [1.29, 1.82) is 0 Å². The molecule has 0 spiro atoms. The number of aromatic nitrogens is 2. The highest BCUT2D eigenvalue weighted by molar-refractivity contribution is 7.91. The van der Waals surface area contributed by atoms with Crippen LogP contribution >= 0.6 is 0 Å². The lowest BCUT2D eigenvalue weighted by atomic mass is 10.1. The number of hydrogen-bond donors (Lipinski definition) is 0. The maximum Gasteiger partial charge on any atom is 0.254 e. The van der Waals surface area contributed by atoms with E-state index in [9.17, 15) is 13.2 Å². The summed E-state index contributed by atoms with van der Waals surface area (Å²) in [6.45, 7) is 13.4. The summed E-state index contributed by atoms with van der Waals surface area (Å²) < 4.78 is 43.2. The molecule has 10 nitrogen and oxygen atoms in total. The number of anilines is 1. The van der Waals surface area contributed by atoms with Crippen molar-refractivity contribution in [2.45, 2.75) is 47.1 Å². The summed E-state index contributed by atoms with van der Waals surface area (Å²) in [5.41, 5.74) is 3.41. The van der Waals surface area contributed by atoms with Gasteiger partial charge in [-0.1, -0.05) is 0 Å². The normalized spacial score (nSPS) is 19.2. The Hall–Kier alpha value is -2.95. The summed E-state index contributed by atoms with van der Waals surface area (Å²) in [5, 5.41) is 4.70. The predicted molar refractivity (Wildman–Crippen MR) is 142 cm³/mol. The SMILES string of the molecule is CCOc1cc(C(=O)N2CCN(c3c(C)nn(C4CCS(=O)(=O)C4)c3C)CC2)cc(OCC)c1OCC. The van der Waals surface area contributed by atoms with Gasteiger partial charge in [0, 0.05) is 31.7 Å². The van der Waals surface area contributed by atoms with E-state index < -0.39 is 9.84 Å². The number of benzene rings is 1. The zero-order valence-corrected chi connectivity index (χ0v) is 23.3. The number of amides is 1. The summed E-state index contributed by atoms with van der Waals surface area (Å²) in [4.78, 5) is 17.6. The van der Waals surface area contributed by atoms with Crippen LogP contribution in [0, 0.1) is 13.8 Å². The van der Waals surface area contributed by atoms with E-state index in [0.717, 1.165) is 17.1 Å². The molecule has 0 radical (unpaired) electrons. The maximum atomic E-state index is 13.5. The van der Waals surface area contributed by atoms with Gasteiger partial charge in [0.05, 0.1) is 54.4 Å². The molecule has 3 heterocycles. The molecular formula is C26H38N4O6S. The number of aryl methyl sites for hydroxylation is 1. The number of carbonyl (C=O) groups excluding carboxylic acids is 1. The van der Waals surface area contributed by atoms with Crippen molar-refractivity contribution < 1.29 is 27.4 Å². The Bertz CT molecular complexity index is 1210. The van der Waals surface area contributed by atoms with Gasteiger partial charge in [0.25, 0.3) is 5.91 Å². The number of hydrogen-bond acceptors (Lipinski definition) is 8. The largest absolute Gasteiger partial charge is 0.490 e. The number of rotatable bonds is 9. The van der Waals surface area contributed by atoms with Crippen molar-refractivity contribution >= 4 is 21.4 Å². The molecule has 1 unspecified atom stereocenters. The molecule has 11 heteroatoms. The van der Waals surface area contributed by atoms with Crippen LogP contribution in [0.1, 0.15) is 55.0 Å². The summed E-state index contributed by atoms with van der Waals surface area (Å²) in [6.07, 6.45) is 0.599. The van der Waals surface area contributed by atoms with Crippen molar-refractivity contribution in [3.63, 3.8) is 0 Å². The van der Waals surface area contributed by atoms with E-state index in [4.69, 9.17) is 19.3 Å². The lowest BCUT2D eigenvalue weighted by Crippen LogP contribution is -2.49. The number of ether oxygens (including phenoxy) is 3. The molecule has 1 aromatic heterocycles. The van der Waals surface area contributed by atoms with Crippen LogP contribution in [0.4, 0.5) is 5.69 Å². The monoisotopic (exact) mass is 534 g/mol. The van der Waals surface area contributed by atoms with Crippen LogP contribution in [-0.2, 0) is 9.84 Å². The van der Waals surface area contributed by atoms with Crippen LogP contribution in [-0.4, -0.2) is 86.5 Å². The van der Waals surface area contributed by atoms with Crippen molar-refractivity contribution in [2.24, 2.45) is 0 Å². The number of carbonyl (C=O) groups is 1. The Labute approximate surface area is 219 Å². The quantitative estimate of drug-likeness (QED) is 0.484. The first kappa shape index (κ1) is 27.1. The lowest BCUT2D eigenvalue weighted by molar-refractivity contribution is 0.0745. The van der Waals surface area contributed by atoms with Gasteiger partial charge in [0.15, 0.2) is 21.3 Å². The Morgan fingerprint density at radius 3 is 2.08 bits per heavy atom. The third-order valence-electron chi connectivity index (χ3n) is 6.88. The molecule has 2 aliphatic rings. The molecule has 0 aliphatic carbocycles. The highest BCUT2D eigenvalue weighted by Gasteiger charge is 2.33. The van der Waals surface area contributed by atoms with Crippen LogP contribution in [0.3, 0.4) is 0 Å². The van der Waals surface area contributed by atoms with E-state index >= 15 is 0 Å². The van der Waals surface area contributed by atoms with Gasteiger partial charge >= 0.3 is 0 Å². The van der Waals surface area contributed by atoms with E-state index in [0.29, 0.717) is 75.2 Å². The molecule has 1 aromatic carbocycles. The highest BCUT2D eigenvalue weighted by atomic mass is 32.2. The molecule has 2 aliphatic heterocycles. The summed E-state index contributed by atoms with van der Waals surface area (Å²) in [5.74, 6) is 1.81. The lowest BCUT2D eigenvalue weighted by Gasteiger charge is -2.36. The smallest absolute Gasteiger partial charge is 0.254 e. The van der Waals surface area contributed by atoms with Crippen molar-refractivity contribution in [3.05, 3.63) is 29.1 Å². The number of sulfone groups is 1. The van der Waals surface area contributed by atoms with Gasteiger partial charge in [0.1, 0.15) is 0 Å². The first-order valence-corrected chi connectivity index (χ1v) is 14.9. The second-order valence-electron chi connectivity index (χ2n) is 9.40. The van der Waals surface area contributed by atoms with Gasteiger partial charge < -0.3 is 24.0 Å².